The minimum Gasteiger partial charge on any atom is -0.480 e. The summed E-state index contributed by atoms with van der Waals surface area (Å²) in [5.41, 5.74) is 0. The molecule has 0 spiro atoms. The predicted molar refractivity (Wildman–Crippen MR) is 109 cm³/mol. The van der Waals surface area contributed by atoms with Gasteiger partial charge in [0.2, 0.25) is 5.91 Å². The molecule has 0 saturated heterocycles. The maximum atomic E-state index is 11.9. The third-order valence-electron chi connectivity index (χ3n) is 4.98. The molecule has 4 heteroatoms. The van der Waals surface area contributed by atoms with E-state index in [0.29, 0.717) is 6.42 Å². The second kappa shape index (κ2) is 17.1. The molecule has 1 atom stereocenters. The van der Waals surface area contributed by atoms with E-state index in [-0.39, 0.29) is 5.91 Å². The highest BCUT2D eigenvalue weighted by atomic mass is 16.4. The number of rotatable bonds is 17. The van der Waals surface area contributed by atoms with E-state index in [2.05, 4.69) is 19.1 Å². The fraction of sp³-hybridized carbons (Fsp3) is 0.818. The highest BCUT2D eigenvalue weighted by Crippen LogP contribution is 2.11. The summed E-state index contributed by atoms with van der Waals surface area (Å²) in [5.74, 6) is -1.03. The molecule has 4 nitrogen and oxygen atoms in total. The van der Waals surface area contributed by atoms with Crippen molar-refractivity contribution >= 4 is 11.9 Å². The molecule has 1 N–H and O–H groups in total. The topological polar surface area (TPSA) is 57.6 Å². The molecule has 0 aliphatic rings. The van der Waals surface area contributed by atoms with Crippen molar-refractivity contribution in [3.05, 3.63) is 12.2 Å². The number of carboxylic acids is 1. The Balaban J connectivity index is 3.42. The smallest absolute Gasteiger partial charge is 0.326 e. The van der Waals surface area contributed by atoms with Gasteiger partial charge >= 0.3 is 5.97 Å². The molecule has 0 aromatic carbocycles. The summed E-state index contributed by atoms with van der Waals surface area (Å²) in [6.45, 7) is 3.80. The van der Waals surface area contributed by atoms with Crippen molar-refractivity contribution < 1.29 is 14.7 Å². The number of carboxylic acid groups (broad SMARTS) is 1. The van der Waals surface area contributed by atoms with Crippen LogP contribution in [0.5, 0.6) is 0 Å². The number of allylic oxidation sites excluding steroid dienone is 2. The molecule has 26 heavy (non-hydrogen) atoms. The molecule has 0 saturated carbocycles. The number of likely N-dealkylation sites (N-methyl/N-ethyl adjacent to an activating group) is 1. The number of nitrogens with zero attached hydrogens (tertiary/aromatic N) is 1. The lowest BCUT2D eigenvalue weighted by Crippen LogP contribution is -2.40. The fourth-order valence-electron chi connectivity index (χ4n) is 2.90. The van der Waals surface area contributed by atoms with Crippen molar-refractivity contribution in [3.8, 4) is 0 Å². The first kappa shape index (κ1) is 24.7. The van der Waals surface area contributed by atoms with Gasteiger partial charge in [-0.3, -0.25) is 4.79 Å². The predicted octanol–water partition coefficient (Wildman–Crippen LogP) is 5.96. The van der Waals surface area contributed by atoms with Gasteiger partial charge in [0.05, 0.1) is 0 Å². The SMILES string of the molecule is CCCCCCCCC=CCCCCCCCC(=O)N(C)[C@@H](C)C(=O)O. The average Bonchev–Trinajstić information content (AvgIpc) is 2.63. The van der Waals surface area contributed by atoms with Crippen LogP contribution in [0.3, 0.4) is 0 Å². The second-order valence-electron chi connectivity index (χ2n) is 7.35. The first-order valence-corrected chi connectivity index (χ1v) is 10.6. The number of hydrogen-bond acceptors (Lipinski definition) is 2. The normalized spacial score (nSPS) is 12.4. The van der Waals surface area contributed by atoms with Gasteiger partial charge in [0.15, 0.2) is 0 Å². The van der Waals surface area contributed by atoms with Gasteiger partial charge in [-0.25, -0.2) is 4.79 Å². The number of aliphatic carboxylic acids is 1. The van der Waals surface area contributed by atoms with Crippen LogP contribution in [0.15, 0.2) is 12.2 Å². The highest BCUT2D eigenvalue weighted by Gasteiger charge is 2.20. The lowest BCUT2D eigenvalue weighted by molar-refractivity contribution is -0.148. The summed E-state index contributed by atoms with van der Waals surface area (Å²) in [4.78, 5) is 24.1. The van der Waals surface area contributed by atoms with E-state index in [9.17, 15) is 9.59 Å². The molecular weight excluding hydrogens is 326 g/mol. The van der Waals surface area contributed by atoms with Crippen LogP contribution in [0.2, 0.25) is 0 Å². The zero-order valence-corrected chi connectivity index (χ0v) is 17.3. The zero-order chi connectivity index (χ0) is 19.6. The molecule has 0 radical (unpaired) electrons. The van der Waals surface area contributed by atoms with Gasteiger partial charge < -0.3 is 10.0 Å². The van der Waals surface area contributed by atoms with Gasteiger partial charge in [-0.2, -0.15) is 0 Å². The maximum absolute atomic E-state index is 11.9. The number of unbranched alkanes of at least 4 members (excludes halogenated alkanes) is 11. The Morgan fingerprint density at radius 3 is 1.81 bits per heavy atom. The quantitative estimate of drug-likeness (QED) is 0.255. The molecule has 0 aromatic rings. The number of hydrogen-bond donors (Lipinski definition) is 1. The number of carbonyl (C=O) groups is 2. The van der Waals surface area contributed by atoms with Crippen LogP contribution in [-0.2, 0) is 9.59 Å². The number of amides is 1. The van der Waals surface area contributed by atoms with E-state index in [1.165, 1.54) is 62.7 Å². The summed E-state index contributed by atoms with van der Waals surface area (Å²) in [6.07, 6.45) is 21.1. The standard InChI is InChI=1S/C22H41NO3/c1-4-5-6-7-8-9-10-11-12-13-14-15-16-17-18-19-21(24)23(3)20(2)22(25)26/h11-12,20H,4-10,13-19H2,1-3H3,(H,25,26)/t20-/m0/s1. The Labute approximate surface area is 161 Å². The lowest BCUT2D eigenvalue weighted by atomic mass is 10.1. The van der Waals surface area contributed by atoms with Crippen LogP contribution < -0.4 is 0 Å². The molecule has 0 rings (SSSR count). The van der Waals surface area contributed by atoms with Crippen molar-refractivity contribution in [2.24, 2.45) is 0 Å². The second-order valence-corrected chi connectivity index (χ2v) is 7.35. The van der Waals surface area contributed by atoms with Crippen molar-refractivity contribution in [1.29, 1.82) is 0 Å². The molecule has 0 unspecified atom stereocenters. The van der Waals surface area contributed by atoms with Gasteiger partial charge in [0.1, 0.15) is 6.04 Å². The molecule has 0 aliphatic heterocycles. The molecule has 0 aliphatic carbocycles. The Morgan fingerprint density at radius 1 is 0.846 bits per heavy atom. The van der Waals surface area contributed by atoms with Gasteiger partial charge in [-0.1, -0.05) is 70.4 Å². The summed E-state index contributed by atoms with van der Waals surface area (Å²) >= 11 is 0. The lowest BCUT2D eigenvalue weighted by Gasteiger charge is -2.21. The van der Waals surface area contributed by atoms with Gasteiger partial charge in [-0.05, 0) is 39.0 Å². The van der Waals surface area contributed by atoms with E-state index >= 15 is 0 Å². The summed E-state index contributed by atoms with van der Waals surface area (Å²) < 4.78 is 0. The van der Waals surface area contributed by atoms with Crippen LogP contribution in [0.25, 0.3) is 0 Å². The number of carbonyl (C=O) groups excluding carboxylic acids is 1. The minimum atomic E-state index is -0.953. The third kappa shape index (κ3) is 13.9. The van der Waals surface area contributed by atoms with E-state index in [1.807, 2.05) is 0 Å². The van der Waals surface area contributed by atoms with Crippen LogP contribution >= 0.6 is 0 Å². The monoisotopic (exact) mass is 367 g/mol. The van der Waals surface area contributed by atoms with Gasteiger partial charge in [0.25, 0.3) is 0 Å². The molecule has 0 heterocycles. The van der Waals surface area contributed by atoms with E-state index in [1.54, 1.807) is 14.0 Å². The highest BCUT2D eigenvalue weighted by molar-refractivity contribution is 5.83. The largest absolute Gasteiger partial charge is 0.480 e. The summed E-state index contributed by atoms with van der Waals surface area (Å²) in [7, 11) is 1.57. The molecule has 0 aromatic heterocycles. The first-order valence-electron chi connectivity index (χ1n) is 10.6. The van der Waals surface area contributed by atoms with Crippen LogP contribution in [-0.4, -0.2) is 35.0 Å². The van der Waals surface area contributed by atoms with Crippen molar-refractivity contribution in [1.82, 2.24) is 4.90 Å². The van der Waals surface area contributed by atoms with E-state index in [4.69, 9.17) is 5.11 Å². The zero-order valence-electron chi connectivity index (χ0n) is 17.3. The fourth-order valence-corrected chi connectivity index (χ4v) is 2.90. The van der Waals surface area contributed by atoms with Crippen LogP contribution in [0.1, 0.15) is 104 Å². The maximum Gasteiger partial charge on any atom is 0.326 e. The molecule has 152 valence electrons. The van der Waals surface area contributed by atoms with Gasteiger partial charge in [-0.15, -0.1) is 0 Å². The van der Waals surface area contributed by atoms with E-state index in [0.717, 1.165) is 25.7 Å². The Kier molecular flexibility index (Phi) is 16.2. The van der Waals surface area contributed by atoms with Crippen LogP contribution in [0.4, 0.5) is 0 Å². The molecule has 1 amide bonds. The Bertz CT molecular complexity index is 393. The Hall–Kier alpha value is -1.32. The minimum absolute atomic E-state index is 0.0717. The Morgan fingerprint density at radius 2 is 1.31 bits per heavy atom. The first-order chi connectivity index (χ1) is 12.5. The molecule has 0 fully saturated rings. The molecular formula is C22H41NO3. The van der Waals surface area contributed by atoms with Crippen molar-refractivity contribution in [3.63, 3.8) is 0 Å². The van der Waals surface area contributed by atoms with Crippen LogP contribution in [0, 0.1) is 0 Å². The van der Waals surface area contributed by atoms with Gasteiger partial charge in [0, 0.05) is 13.5 Å². The summed E-state index contributed by atoms with van der Waals surface area (Å²) in [5, 5.41) is 8.91. The average molecular weight is 368 g/mol. The molecule has 0 bridgehead atoms. The third-order valence-corrected chi connectivity index (χ3v) is 4.98. The van der Waals surface area contributed by atoms with E-state index < -0.39 is 12.0 Å². The van der Waals surface area contributed by atoms with Crippen molar-refractivity contribution in [2.75, 3.05) is 7.05 Å². The van der Waals surface area contributed by atoms with Crippen molar-refractivity contribution in [2.45, 2.75) is 110 Å². The summed E-state index contributed by atoms with van der Waals surface area (Å²) in [6, 6.07) is -0.745.